The Hall–Kier alpha value is -0.210. The summed E-state index contributed by atoms with van der Waals surface area (Å²) in [5.41, 5.74) is 0. The molecule has 0 amide bonds. The molecule has 1 heterocycles. The second-order valence-electron chi connectivity index (χ2n) is 3.75. The monoisotopic (exact) mass is 238 g/mol. The van der Waals surface area contributed by atoms with E-state index in [1.165, 1.54) is 6.92 Å². The van der Waals surface area contributed by atoms with Gasteiger partial charge in [-0.25, -0.2) is 0 Å². The molecular weight excluding hydrogens is 220 g/mol. The molecule has 15 heavy (non-hydrogen) atoms. The van der Waals surface area contributed by atoms with E-state index in [0.717, 1.165) is 6.54 Å². The highest BCUT2D eigenvalue weighted by molar-refractivity contribution is 7.86. The first kappa shape index (κ1) is 12.9. The molecule has 1 fully saturated rings. The summed E-state index contributed by atoms with van der Waals surface area (Å²) in [6.07, 6.45) is 0. The number of aliphatic hydroxyl groups excluding tert-OH is 1. The lowest BCUT2D eigenvalue weighted by Gasteiger charge is -2.38. The lowest BCUT2D eigenvalue weighted by Crippen LogP contribution is -2.57. The zero-order valence-electron chi connectivity index (χ0n) is 8.76. The van der Waals surface area contributed by atoms with Crippen molar-refractivity contribution in [1.29, 1.82) is 0 Å². The van der Waals surface area contributed by atoms with E-state index in [-0.39, 0.29) is 12.6 Å². The predicted molar refractivity (Wildman–Crippen MR) is 56.3 cm³/mol. The molecule has 7 heteroatoms. The number of aliphatic hydroxyl groups is 1. The molecule has 6 nitrogen and oxygen atoms in total. The van der Waals surface area contributed by atoms with Crippen LogP contribution in [0.1, 0.15) is 6.92 Å². The minimum Gasteiger partial charge on any atom is -0.395 e. The maximum Gasteiger partial charge on any atom is 0.269 e. The molecule has 1 saturated heterocycles. The third kappa shape index (κ3) is 3.39. The highest BCUT2D eigenvalue weighted by Crippen LogP contribution is 2.13. The summed E-state index contributed by atoms with van der Waals surface area (Å²) < 4.78 is 31.0. The number of piperazine rings is 1. The van der Waals surface area contributed by atoms with E-state index in [1.807, 2.05) is 4.90 Å². The second kappa shape index (κ2) is 5.22. The van der Waals surface area contributed by atoms with Crippen LogP contribution >= 0.6 is 0 Å². The molecule has 0 aliphatic carbocycles. The minimum absolute atomic E-state index is 0.00526. The molecule has 2 atom stereocenters. The van der Waals surface area contributed by atoms with Crippen LogP contribution in [0, 0.1) is 0 Å². The van der Waals surface area contributed by atoms with Crippen molar-refractivity contribution >= 4 is 10.1 Å². The van der Waals surface area contributed by atoms with Gasteiger partial charge in [0.15, 0.2) is 0 Å². The molecule has 1 aliphatic heterocycles. The zero-order valence-corrected chi connectivity index (χ0v) is 9.57. The van der Waals surface area contributed by atoms with Crippen molar-refractivity contribution in [2.75, 3.05) is 32.8 Å². The van der Waals surface area contributed by atoms with Gasteiger partial charge in [0.05, 0.1) is 6.61 Å². The van der Waals surface area contributed by atoms with Crippen LogP contribution in [0.3, 0.4) is 0 Å². The molecule has 90 valence electrons. The summed E-state index contributed by atoms with van der Waals surface area (Å²) in [7, 11) is -4.02. The fraction of sp³-hybridized carbons (Fsp3) is 1.00. The van der Waals surface area contributed by atoms with E-state index in [1.54, 1.807) is 0 Å². The van der Waals surface area contributed by atoms with Crippen molar-refractivity contribution in [1.82, 2.24) is 10.2 Å². The zero-order chi connectivity index (χ0) is 11.5. The molecule has 0 radical (unpaired) electrons. The number of nitrogens with one attached hydrogen (secondary N) is 1. The van der Waals surface area contributed by atoms with Crippen LogP contribution < -0.4 is 5.32 Å². The molecule has 0 bridgehead atoms. The van der Waals surface area contributed by atoms with Gasteiger partial charge in [-0.05, 0) is 6.92 Å². The van der Waals surface area contributed by atoms with Crippen LogP contribution in [0.15, 0.2) is 0 Å². The van der Waals surface area contributed by atoms with Crippen molar-refractivity contribution in [2.24, 2.45) is 0 Å². The Bertz CT molecular complexity index is 291. The van der Waals surface area contributed by atoms with E-state index in [9.17, 15) is 8.42 Å². The van der Waals surface area contributed by atoms with Gasteiger partial charge in [0, 0.05) is 32.2 Å². The smallest absolute Gasteiger partial charge is 0.269 e. The molecule has 0 spiro atoms. The van der Waals surface area contributed by atoms with Gasteiger partial charge in [0.1, 0.15) is 5.25 Å². The first-order valence-electron chi connectivity index (χ1n) is 4.98. The molecule has 0 aromatic carbocycles. The normalized spacial score (nSPS) is 26.5. The molecule has 2 unspecified atom stereocenters. The number of β-amino-alcohol motifs (C(OH)–C–C–N with tert-alkyl or cyclic N) is 1. The van der Waals surface area contributed by atoms with Crippen LogP contribution in [-0.2, 0) is 10.1 Å². The van der Waals surface area contributed by atoms with Gasteiger partial charge < -0.3 is 10.4 Å². The summed E-state index contributed by atoms with van der Waals surface area (Å²) in [4.78, 5) is 1.88. The van der Waals surface area contributed by atoms with Crippen LogP contribution in [0.2, 0.25) is 0 Å². The fourth-order valence-electron chi connectivity index (χ4n) is 1.83. The number of hydrogen-bond donors (Lipinski definition) is 3. The standard InChI is InChI=1S/C8H18N2O4S/c1-7(15(12,13)14)8-6-9-2-3-10(8)4-5-11/h7-9,11H,2-6H2,1H3,(H,12,13,14). The molecule has 1 rings (SSSR count). The van der Waals surface area contributed by atoms with Gasteiger partial charge in [0.25, 0.3) is 10.1 Å². The lowest BCUT2D eigenvalue weighted by atomic mass is 10.1. The number of nitrogens with zero attached hydrogens (tertiary/aromatic N) is 1. The summed E-state index contributed by atoms with van der Waals surface area (Å²) in [6.45, 7) is 3.89. The predicted octanol–water partition coefficient (Wildman–Crippen LogP) is -1.47. The maximum absolute atomic E-state index is 11.0. The Labute approximate surface area is 90.0 Å². The van der Waals surface area contributed by atoms with Crippen molar-refractivity contribution in [3.8, 4) is 0 Å². The summed E-state index contributed by atoms with van der Waals surface area (Å²) >= 11 is 0. The van der Waals surface area contributed by atoms with Crippen molar-refractivity contribution in [3.05, 3.63) is 0 Å². The number of rotatable bonds is 4. The van der Waals surface area contributed by atoms with Crippen molar-refractivity contribution in [3.63, 3.8) is 0 Å². The Kier molecular flexibility index (Phi) is 4.47. The van der Waals surface area contributed by atoms with Gasteiger partial charge in [-0.2, -0.15) is 8.42 Å². The van der Waals surface area contributed by atoms with Gasteiger partial charge >= 0.3 is 0 Å². The SMILES string of the molecule is CC(C1CNCCN1CCO)S(=O)(=O)O. The van der Waals surface area contributed by atoms with E-state index < -0.39 is 15.4 Å². The van der Waals surface area contributed by atoms with E-state index >= 15 is 0 Å². The Balaban J connectivity index is 2.71. The molecule has 0 aromatic rings. The largest absolute Gasteiger partial charge is 0.395 e. The fourth-order valence-corrected chi connectivity index (χ4v) is 2.50. The molecule has 0 aromatic heterocycles. The van der Waals surface area contributed by atoms with Crippen LogP contribution in [0.4, 0.5) is 0 Å². The molecular formula is C8H18N2O4S. The van der Waals surface area contributed by atoms with Gasteiger partial charge in [-0.15, -0.1) is 0 Å². The summed E-state index contributed by atoms with van der Waals surface area (Å²) in [5, 5.41) is 11.1. The van der Waals surface area contributed by atoms with Crippen LogP contribution in [-0.4, -0.2) is 67.1 Å². The minimum atomic E-state index is -4.02. The average Bonchev–Trinajstić information content (AvgIpc) is 2.17. The molecule has 1 aliphatic rings. The highest BCUT2D eigenvalue weighted by Gasteiger charge is 2.33. The molecule has 3 N–H and O–H groups in total. The van der Waals surface area contributed by atoms with Crippen molar-refractivity contribution < 1.29 is 18.1 Å². The molecule has 0 saturated carbocycles. The van der Waals surface area contributed by atoms with Gasteiger partial charge in [-0.3, -0.25) is 9.45 Å². The summed E-state index contributed by atoms with van der Waals surface area (Å²) in [6, 6.07) is -0.277. The topological polar surface area (TPSA) is 89.9 Å². The van der Waals surface area contributed by atoms with Crippen molar-refractivity contribution in [2.45, 2.75) is 18.2 Å². The lowest BCUT2D eigenvalue weighted by molar-refractivity contribution is 0.124. The average molecular weight is 238 g/mol. The summed E-state index contributed by atoms with van der Waals surface area (Å²) in [5.74, 6) is 0. The Morgan fingerprint density at radius 1 is 1.60 bits per heavy atom. The first-order chi connectivity index (χ1) is 6.96. The quantitative estimate of drug-likeness (QED) is 0.518. The van der Waals surface area contributed by atoms with Gasteiger partial charge in [0.2, 0.25) is 0 Å². The number of hydrogen-bond acceptors (Lipinski definition) is 5. The Morgan fingerprint density at radius 3 is 2.80 bits per heavy atom. The highest BCUT2D eigenvalue weighted by atomic mass is 32.2. The Morgan fingerprint density at radius 2 is 2.27 bits per heavy atom. The first-order valence-corrected chi connectivity index (χ1v) is 6.49. The third-order valence-corrected chi connectivity index (χ3v) is 4.05. The third-order valence-electron chi connectivity index (χ3n) is 2.80. The van der Waals surface area contributed by atoms with Crippen LogP contribution in [0.5, 0.6) is 0 Å². The van der Waals surface area contributed by atoms with Crippen LogP contribution in [0.25, 0.3) is 0 Å². The van der Waals surface area contributed by atoms with Gasteiger partial charge in [-0.1, -0.05) is 0 Å². The van der Waals surface area contributed by atoms with E-state index in [0.29, 0.717) is 19.6 Å². The second-order valence-corrected chi connectivity index (χ2v) is 5.52. The van der Waals surface area contributed by atoms with E-state index in [2.05, 4.69) is 5.32 Å². The maximum atomic E-state index is 11.0. The van der Waals surface area contributed by atoms with E-state index in [4.69, 9.17) is 9.66 Å².